The highest BCUT2D eigenvalue weighted by molar-refractivity contribution is 9.10. The zero-order valence-corrected chi connectivity index (χ0v) is 14.6. The second-order valence-corrected chi connectivity index (χ2v) is 6.25. The first-order valence-electron chi connectivity index (χ1n) is 7.07. The van der Waals surface area contributed by atoms with Crippen LogP contribution in [0.15, 0.2) is 22.7 Å². The van der Waals surface area contributed by atoms with Crippen LogP contribution >= 0.6 is 28.3 Å². The first kappa shape index (κ1) is 19.4. The highest BCUT2D eigenvalue weighted by Gasteiger charge is 2.38. The van der Waals surface area contributed by atoms with Crippen LogP contribution in [0.4, 0.5) is 4.39 Å². The van der Waals surface area contributed by atoms with Crippen LogP contribution in [0.2, 0.25) is 0 Å². The molecule has 22 heavy (non-hydrogen) atoms. The van der Waals surface area contributed by atoms with Crippen molar-refractivity contribution in [2.45, 2.75) is 19.3 Å². The van der Waals surface area contributed by atoms with Gasteiger partial charge in [-0.2, -0.15) is 0 Å². The Morgan fingerprint density at radius 2 is 2.09 bits per heavy atom. The van der Waals surface area contributed by atoms with Gasteiger partial charge >= 0.3 is 0 Å². The number of hydrogen-bond donors (Lipinski definition) is 2. The minimum absolute atomic E-state index is 0. The Balaban J connectivity index is 0.00000242. The number of hydrogen-bond acceptors (Lipinski definition) is 3. The summed E-state index contributed by atoms with van der Waals surface area (Å²) in [6, 6.07) is 4.80. The van der Waals surface area contributed by atoms with Crippen molar-refractivity contribution in [1.29, 1.82) is 0 Å². The van der Waals surface area contributed by atoms with Crippen LogP contribution in [0.5, 0.6) is 0 Å². The van der Waals surface area contributed by atoms with Crippen molar-refractivity contribution in [3.05, 3.63) is 34.1 Å². The molecule has 4 nitrogen and oxygen atoms in total. The number of benzene rings is 1. The summed E-state index contributed by atoms with van der Waals surface area (Å²) in [6.07, 6.45) is 1.73. The normalized spacial score (nSPS) is 16.7. The van der Waals surface area contributed by atoms with Crippen molar-refractivity contribution in [2.75, 3.05) is 26.3 Å². The van der Waals surface area contributed by atoms with Crippen molar-refractivity contribution in [2.24, 2.45) is 11.1 Å². The van der Waals surface area contributed by atoms with Gasteiger partial charge in [0.25, 0.3) is 0 Å². The predicted octanol–water partition coefficient (Wildman–Crippen LogP) is 2.42. The van der Waals surface area contributed by atoms with E-state index in [0.29, 0.717) is 51.1 Å². The molecule has 0 radical (unpaired) electrons. The number of nitrogens with one attached hydrogen (secondary N) is 1. The van der Waals surface area contributed by atoms with E-state index < -0.39 is 5.41 Å². The molecule has 1 heterocycles. The molecule has 0 aromatic heterocycles. The van der Waals surface area contributed by atoms with Gasteiger partial charge in [-0.1, -0.05) is 15.9 Å². The first-order valence-corrected chi connectivity index (χ1v) is 7.87. The number of ether oxygens (including phenoxy) is 1. The van der Waals surface area contributed by atoms with Gasteiger partial charge in [0.2, 0.25) is 5.91 Å². The number of nitrogens with two attached hydrogens (primary N) is 1. The summed E-state index contributed by atoms with van der Waals surface area (Å²) in [6.45, 7) is 1.83. The Hall–Kier alpha value is -0.690. The molecule has 1 aliphatic heterocycles. The SMILES string of the molecule is Cl.NCC1(C(=O)NCCc2cc(Br)ccc2F)CCOCC1. The summed E-state index contributed by atoms with van der Waals surface area (Å²) < 4.78 is 19.7. The molecule has 1 aliphatic rings. The molecule has 0 spiro atoms. The summed E-state index contributed by atoms with van der Waals surface area (Å²) in [5.74, 6) is -0.309. The molecule has 1 fully saturated rings. The molecule has 2 rings (SSSR count). The maximum Gasteiger partial charge on any atom is 0.227 e. The zero-order chi connectivity index (χ0) is 15.3. The van der Waals surface area contributed by atoms with E-state index >= 15 is 0 Å². The molecule has 0 aliphatic carbocycles. The van der Waals surface area contributed by atoms with Gasteiger partial charge in [-0.3, -0.25) is 4.79 Å². The number of carbonyl (C=O) groups is 1. The summed E-state index contributed by atoms with van der Waals surface area (Å²) in [4.78, 5) is 12.3. The van der Waals surface area contributed by atoms with Gasteiger partial charge in [0, 0.05) is 30.8 Å². The molecule has 0 saturated carbocycles. The van der Waals surface area contributed by atoms with E-state index in [1.54, 1.807) is 12.1 Å². The van der Waals surface area contributed by atoms with E-state index in [9.17, 15) is 9.18 Å². The van der Waals surface area contributed by atoms with Gasteiger partial charge in [-0.15, -0.1) is 12.4 Å². The highest BCUT2D eigenvalue weighted by Crippen LogP contribution is 2.29. The van der Waals surface area contributed by atoms with Gasteiger partial charge in [0.1, 0.15) is 5.82 Å². The molecule has 1 amide bonds. The molecule has 1 aromatic carbocycles. The monoisotopic (exact) mass is 394 g/mol. The van der Waals surface area contributed by atoms with Gasteiger partial charge in [-0.25, -0.2) is 4.39 Å². The third-order valence-electron chi connectivity index (χ3n) is 4.01. The minimum atomic E-state index is -0.534. The predicted molar refractivity (Wildman–Crippen MR) is 89.6 cm³/mol. The van der Waals surface area contributed by atoms with Crippen molar-refractivity contribution < 1.29 is 13.9 Å². The number of carbonyl (C=O) groups excluding carboxylic acids is 1. The summed E-state index contributed by atoms with van der Waals surface area (Å²) in [7, 11) is 0. The van der Waals surface area contributed by atoms with Crippen molar-refractivity contribution in [3.8, 4) is 0 Å². The maximum atomic E-state index is 13.6. The van der Waals surface area contributed by atoms with E-state index in [0.717, 1.165) is 4.47 Å². The Kier molecular flexibility index (Phi) is 7.76. The van der Waals surface area contributed by atoms with Crippen LogP contribution in [0.3, 0.4) is 0 Å². The first-order chi connectivity index (χ1) is 10.1. The quantitative estimate of drug-likeness (QED) is 0.805. The van der Waals surface area contributed by atoms with Crippen molar-refractivity contribution in [3.63, 3.8) is 0 Å². The van der Waals surface area contributed by atoms with Gasteiger partial charge < -0.3 is 15.8 Å². The summed E-state index contributed by atoms with van der Waals surface area (Å²) in [5, 5.41) is 2.88. The molecular weight excluding hydrogens is 375 g/mol. The lowest BCUT2D eigenvalue weighted by Crippen LogP contribution is -2.49. The fourth-order valence-electron chi connectivity index (χ4n) is 2.52. The van der Waals surface area contributed by atoms with E-state index in [2.05, 4.69) is 21.2 Å². The third-order valence-corrected chi connectivity index (χ3v) is 4.50. The number of halogens is 3. The smallest absolute Gasteiger partial charge is 0.227 e. The lowest BCUT2D eigenvalue weighted by Gasteiger charge is -2.34. The van der Waals surface area contributed by atoms with Crippen molar-refractivity contribution >= 4 is 34.2 Å². The fraction of sp³-hybridized carbons (Fsp3) is 0.533. The fourth-order valence-corrected chi connectivity index (χ4v) is 2.93. The molecule has 0 bridgehead atoms. The van der Waals surface area contributed by atoms with E-state index in [1.165, 1.54) is 6.07 Å². The van der Waals surface area contributed by atoms with Crippen LogP contribution in [0.1, 0.15) is 18.4 Å². The zero-order valence-electron chi connectivity index (χ0n) is 12.2. The standard InChI is InChI=1S/C15H20BrFN2O2.ClH/c16-12-1-2-13(17)11(9-12)3-6-19-14(20)15(10-18)4-7-21-8-5-15;/h1-2,9H,3-8,10,18H2,(H,19,20);1H. The molecular formula is C15H21BrClFN2O2. The van der Waals surface area contributed by atoms with Crippen LogP contribution < -0.4 is 11.1 Å². The molecule has 1 aromatic rings. The largest absolute Gasteiger partial charge is 0.381 e. The second-order valence-electron chi connectivity index (χ2n) is 5.34. The molecule has 0 atom stereocenters. The van der Waals surface area contributed by atoms with E-state index in [-0.39, 0.29) is 24.1 Å². The van der Waals surface area contributed by atoms with Crippen LogP contribution in [0, 0.1) is 11.2 Å². The lowest BCUT2D eigenvalue weighted by atomic mass is 9.79. The highest BCUT2D eigenvalue weighted by atomic mass is 79.9. The Morgan fingerprint density at radius 3 is 2.73 bits per heavy atom. The van der Waals surface area contributed by atoms with Crippen LogP contribution in [-0.2, 0) is 16.0 Å². The summed E-state index contributed by atoms with van der Waals surface area (Å²) >= 11 is 3.32. The van der Waals surface area contributed by atoms with Crippen LogP contribution in [0.25, 0.3) is 0 Å². The van der Waals surface area contributed by atoms with Gasteiger partial charge in [0.15, 0.2) is 0 Å². The van der Waals surface area contributed by atoms with Gasteiger partial charge in [-0.05, 0) is 43.0 Å². The Morgan fingerprint density at radius 1 is 1.41 bits per heavy atom. The van der Waals surface area contributed by atoms with Crippen LogP contribution in [-0.4, -0.2) is 32.2 Å². The maximum absolute atomic E-state index is 13.6. The average molecular weight is 396 g/mol. The van der Waals surface area contributed by atoms with Gasteiger partial charge in [0.05, 0.1) is 5.41 Å². The topological polar surface area (TPSA) is 64.4 Å². The lowest BCUT2D eigenvalue weighted by molar-refractivity contribution is -0.135. The minimum Gasteiger partial charge on any atom is -0.381 e. The number of amides is 1. The molecule has 7 heteroatoms. The molecule has 1 saturated heterocycles. The van der Waals surface area contributed by atoms with E-state index in [4.69, 9.17) is 10.5 Å². The Labute approximate surface area is 144 Å². The van der Waals surface area contributed by atoms with E-state index in [1.807, 2.05) is 0 Å². The Bertz CT molecular complexity index is 510. The molecule has 0 unspecified atom stereocenters. The second kappa shape index (κ2) is 8.82. The third kappa shape index (κ3) is 4.65. The average Bonchev–Trinajstić information content (AvgIpc) is 2.51. The number of rotatable bonds is 5. The molecule has 3 N–H and O–H groups in total. The summed E-state index contributed by atoms with van der Waals surface area (Å²) in [5.41, 5.74) is 5.83. The van der Waals surface area contributed by atoms with Crippen molar-refractivity contribution in [1.82, 2.24) is 5.32 Å². The molecule has 124 valence electrons.